The van der Waals surface area contributed by atoms with Crippen LogP contribution in [0, 0.1) is 0 Å². The van der Waals surface area contributed by atoms with Gasteiger partial charge in [0.2, 0.25) is 0 Å². The van der Waals surface area contributed by atoms with Gasteiger partial charge < -0.3 is 0 Å². The topological polar surface area (TPSA) is 12.9 Å². The number of hydrogen-bond donors (Lipinski definition) is 0. The Bertz CT molecular complexity index is 437. The number of hydrogen-bond acceptors (Lipinski definition) is 1. The van der Waals surface area contributed by atoms with E-state index in [9.17, 15) is 0 Å². The van der Waals surface area contributed by atoms with Gasteiger partial charge in [0.1, 0.15) is 0 Å². The third-order valence-electron chi connectivity index (χ3n) is 2.16. The third kappa shape index (κ3) is 1.52. The summed E-state index contributed by atoms with van der Waals surface area (Å²) in [7, 11) is 0. The third-order valence-corrected chi connectivity index (χ3v) is 2.49. The second-order valence-corrected chi connectivity index (χ2v) is 3.41. The van der Waals surface area contributed by atoms with Gasteiger partial charge in [-0.25, -0.2) is 0 Å². The standard InChI is InChI=1S/C11H10ClN/c1-2-8-3-4-9-10(12)5-6-13-11(9)7-8/h3-7H,2H2,1H3. The number of aromatic nitrogens is 1. The maximum Gasteiger partial charge on any atom is 0.0719 e. The summed E-state index contributed by atoms with van der Waals surface area (Å²) >= 11 is 6.01. The Labute approximate surface area is 82.4 Å². The van der Waals surface area contributed by atoms with Crippen LogP contribution in [-0.2, 0) is 6.42 Å². The molecule has 2 rings (SSSR count). The van der Waals surface area contributed by atoms with Crippen molar-refractivity contribution in [1.82, 2.24) is 4.98 Å². The Morgan fingerprint density at radius 3 is 2.92 bits per heavy atom. The number of fused-ring (bicyclic) bond motifs is 1. The van der Waals surface area contributed by atoms with Crippen LogP contribution in [0.15, 0.2) is 30.5 Å². The number of pyridine rings is 1. The molecular weight excluding hydrogens is 182 g/mol. The summed E-state index contributed by atoms with van der Waals surface area (Å²) in [5.41, 5.74) is 2.27. The molecule has 0 fully saturated rings. The van der Waals surface area contributed by atoms with Gasteiger partial charge in [0.05, 0.1) is 10.5 Å². The number of benzene rings is 1. The fourth-order valence-corrected chi connectivity index (χ4v) is 1.59. The number of halogens is 1. The lowest BCUT2D eigenvalue weighted by molar-refractivity contribution is 1.14. The van der Waals surface area contributed by atoms with Crippen LogP contribution in [0.1, 0.15) is 12.5 Å². The average molecular weight is 192 g/mol. The smallest absolute Gasteiger partial charge is 0.0719 e. The van der Waals surface area contributed by atoms with Gasteiger partial charge in [-0.1, -0.05) is 30.7 Å². The highest BCUT2D eigenvalue weighted by atomic mass is 35.5. The van der Waals surface area contributed by atoms with Crippen molar-refractivity contribution < 1.29 is 0 Å². The van der Waals surface area contributed by atoms with Crippen LogP contribution in [0.4, 0.5) is 0 Å². The van der Waals surface area contributed by atoms with E-state index < -0.39 is 0 Å². The lowest BCUT2D eigenvalue weighted by atomic mass is 10.1. The molecular formula is C11H10ClN. The molecule has 0 aliphatic carbocycles. The number of nitrogens with zero attached hydrogens (tertiary/aromatic N) is 1. The quantitative estimate of drug-likeness (QED) is 0.673. The zero-order chi connectivity index (χ0) is 9.26. The van der Waals surface area contributed by atoms with Crippen molar-refractivity contribution in [3.8, 4) is 0 Å². The van der Waals surface area contributed by atoms with Crippen LogP contribution >= 0.6 is 11.6 Å². The molecule has 0 aliphatic rings. The Hall–Kier alpha value is -1.08. The molecule has 13 heavy (non-hydrogen) atoms. The van der Waals surface area contributed by atoms with Crippen molar-refractivity contribution in [1.29, 1.82) is 0 Å². The monoisotopic (exact) mass is 191 g/mol. The van der Waals surface area contributed by atoms with Crippen molar-refractivity contribution in [2.45, 2.75) is 13.3 Å². The summed E-state index contributed by atoms with van der Waals surface area (Å²) in [6.07, 6.45) is 2.77. The van der Waals surface area contributed by atoms with Crippen LogP contribution in [0.3, 0.4) is 0 Å². The van der Waals surface area contributed by atoms with Gasteiger partial charge in [-0.05, 0) is 24.1 Å². The Morgan fingerprint density at radius 1 is 1.31 bits per heavy atom. The van der Waals surface area contributed by atoms with E-state index in [1.54, 1.807) is 6.20 Å². The maximum atomic E-state index is 6.01. The molecule has 0 unspecified atom stereocenters. The first-order chi connectivity index (χ1) is 6.31. The molecule has 1 nitrogen and oxygen atoms in total. The Balaban J connectivity index is 2.72. The van der Waals surface area contributed by atoms with Gasteiger partial charge in [-0.3, -0.25) is 4.98 Å². The maximum absolute atomic E-state index is 6.01. The average Bonchev–Trinajstić information content (AvgIpc) is 2.18. The minimum absolute atomic E-state index is 0.771. The SMILES string of the molecule is CCc1ccc2c(Cl)ccnc2c1. The molecule has 0 bridgehead atoms. The van der Waals surface area contributed by atoms with E-state index in [4.69, 9.17) is 11.6 Å². The Kier molecular flexibility index (Phi) is 2.19. The van der Waals surface area contributed by atoms with E-state index in [0.29, 0.717) is 0 Å². The van der Waals surface area contributed by atoms with E-state index >= 15 is 0 Å². The minimum Gasteiger partial charge on any atom is -0.256 e. The molecule has 1 aromatic heterocycles. The number of aryl methyl sites for hydroxylation is 1. The van der Waals surface area contributed by atoms with Crippen LogP contribution in [0.25, 0.3) is 10.9 Å². The molecule has 0 spiro atoms. The van der Waals surface area contributed by atoms with Gasteiger partial charge in [-0.2, -0.15) is 0 Å². The molecule has 0 saturated carbocycles. The molecule has 1 aromatic carbocycles. The summed E-state index contributed by atoms with van der Waals surface area (Å²) in [4.78, 5) is 4.27. The molecule has 0 amide bonds. The minimum atomic E-state index is 0.771. The largest absolute Gasteiger partial charge is 0.256 e. The Morgan fingerprint density at radius 2 is 2.15 bits per heavy atom. The molecule has 2 aromatic rings. The van der Waals surface area contributed by atoms with Crippen molar-refractivity contribution >= 4 is 22.5 Å². The van der Waals surface area contributed by atoms with Gasteiger partial charge in [0, 0.05) is 11.6 Å². The van der Waals surface area contributed by atoms with Crippen molar-refractivity contribution in [3.05, 3.63) is 41.0 Å². The second kappa shape index (κ2) is 3.35. The molecule has 0 saturated heterocycles. The molecule has 0 aliphatic heterocycles. The van der Waals surface area contributed by atoms with Crippen LogP contribution < -0.4 is 0 Å². The predicted molar refractivity (Wildman–Crippen MR) is 56.1 cm³/mol. The van der Waals surface area contributed by atoms with Crippen molar-refractivity contribution in [2.24, 2.45) is 0 Å². The summed E-state index contributed by atoms with van der Waals surface area (Å²) in [6, 6.07) is 8.02. The zero-order valence-corrected chi connectivity index (χ0v) is 8.17. The van der Waals surface area contributed by atoms with E-state index in [2.05, 4.69) is 24.0 Å². The van der Waals surface area contributed by atoms with E-state index in [1.807, 2.05) is 12.1 Å². The molecule has 1 heterocycles. The molecule has 66 valence electrons. The first-order valence-corrected chi connectivity index (χ1v) is 4.72. The van der Waals surface area contributed by atoms with Crippen LogP contribution in [-0.4, -0.2) is 4.98 Å². The first-order valence-electron chi connectivity index (χ1n) is 4.34. The van der Waals surface area contributed by atoms with Gasteiger partial charge in [0.25, 0.3) is 0 Å². The normalized spacial score (nSPS) is 10.6. The fourth-order valence-electron chi connectivity index (χ4n) is 1.38. The first kappa shape index (κ1) is 8.52. The lowest BCUT2D eigenvalue weighted by Gasteiger charge is -2.01. The van der Waals surface area contributed by atoms with Crippen LogP contribution in [0.2, 0.25) is 5.02 Å². The zero-order valence-electron chi connectivity index (χ0n) is 7.42. The highest BCUT2D eigenvalue weighted by molar-refractivity contribution is 6.35. The lowest BCUT2D eigenvalue weighted by Crippen LogP contribution is -1.83. The number of rotatable bonds is 1. The van der Waals surface area contributed by atoms with E-state index in [0.717, 1.165) is 22.3 Å². The molecule has 0 N–H and O–H groups in total. The predicted octanol–water partition coefficient (Wildman–Crippen LogP) is 3.45. The summed E-state index contributed by atoms with van der Waals surface area (Å²) < 4.78 is 0. The van der Waals surface area contributed by atoms with Crippen LogP contribution in [0.5, 0.6) is 0 Å². The summed E-state index contributed by atoms with van der Waals surface area (Å²) in [5.74, 6) is 0. The van der Waals surface area contributed by atoms with E-state index in [1.165, 1.54) is 5.56 Å². The fraction of sp³-hybridized carbons (Fsp3) is 0.182. The highest BCUT2D eigenvalue weighted by Crippen LogP contribution is 2.22. The highest BCUT2D eigenvalue weighted by Gasteiger charge is 1.99. The van der Waals surface area contributed by atoms with Gasteiger partial charge >= 0.3 is 0 Å². The van der Waals surface area contributed by atoms with Crippen molar-refractivity contribution in [3.63, 3.8) is 0 Å². The molecule has 2 heteroatoms. The second-order valence-electron chi connectivity index (χ2n) is 3.00. The van der Waals surface area contributed by atoms with Gasteiger partial charge in [-0.15, -0.1) is 0 Å². The van der Waals surface area contributed by atoms with E-state index in [-0.39, 0.29) is 0 Å². The summed E-state index contributed by atoms with van der Waals surface area (Å²) in [6.45, 7) is 2.13. The van der Waals surface area contributed by atoms with Crippen molar-refractivity contribution in [2.75, 3.05) is 0 Å². The molecule has 0 atom stereocenters. The summed E-state index contributed by atoms with van der Waals surface area (Å²) in [5, 5.41) is 1.80. The molecule has 0 radical (unpaired) electrons. The van der Waals surface area contributed by atoms with Gasteiger partial charge in [0.15, 0.2) is 0 Å².